The summed E-state index contributed by atoms with van der Waals surface area (Å²) in [6.07, 6.45) is 0.203. The number of ether oxygens (including phenoxy) is 1. The van der Waals surface area contributed by atoms with Crippen molar-refractivity contribution >= 4 is 12.0 Å². The van der Waals surface area contributed by atoms with Gasteiger partial charge in [0.15, 0.2) is 0 Å². The molecule has 0 aliphatic heterocycles. The van der Waals surface area contributed by atoms with E-state index in [0.717, 1.165) is 0 Å². The molecule has 2 amide bonds. The van der Waals surface area contributed by atoms with Gasteiger partial charge in [-0.3, -0.25) is 0 Å². The molecule has 6 nitrogen and oxygen atoms in total. The molecule has 0 bridgehead atoms. The van der Waals surface area contributed by atoms with Gasteiger partial charge in [-0.1, -0.05) is 0 Å². The number of hydrogen-bond acceptors (Lipinski definition) is 3. The van der Waals surface area contributed by atoms with Crippen LogP contribution in [0.4, 0.5) is 4.79 Å². The first-order valence-electron chi connectivity index (χ1n) is 3.35. The quantitative estimate of drug-likeness (QED) is 0.507. The van der Waals surface area contributed by atoms with Crippen LogP contribution in [0.15, 0.2) is 0 Å². The zero-order chi connectivity index (χ0) is 9.56. The van der Waals surface area contributed by atoms with Gasteiger partial charge in [0.1, 0.15) is 6.04 Å². The Bertz CT molecular complexity index is 171. The van der Waals surface area contributed by atoms with E-state index in [1.54, 1.807) is 0 Å². The number of aliphatic carboxylic acids is 1. The molecule has 0 aromatic rings. The topological polar surface area (TPSA) is 102 Å². The van der Waals surface area contributed by atoms with E-state index in [-0.39, 0.29) is 13.0 Å². The normalized spacial score (nSPS) is 12.1. The zero-order valence-electron chi connectivity index (χ0n) is 6.74. The molecular weight excluding hydrogens is 164 g/mol. The summed E-state index contributed by atoms with van der Waals surface area (Å²) in [4.78, 5) is 20.7. The number of carboxylic acids is 1. The summed E-state index contributed by atoms with van der Waals surface area (Å²) < 4.78 is 4.65. The Kier molecular flexibility index (Phi) is 4.78. The van der Waals surface area contributed by atoms with Crippen LogP contribution in [0.5, 0.6) is 0 Å². The van der Waals surface area contributed by atoms with Gasteiger partial charge >= 0.3 is 12.0 Å². The van der Waals surface area contributed by atoms with E-state index in [0.29, 0.717) is 0 Å². The number of carbonyl (C=O) groups excluding carboxylic acids is 1. The Labute approximate surface area is 69.7 Å². The van der Waals surface area contributed by atoms with Crippen LogP contribution in [0.3, 0.4) is 0 Å². The van der Waals surface area contributed by atoms with Crippen LogP contribution >= 0.6 is 0 Å². The lowest BCUT2D eigenvalue weighted by atomic mass is 10.2. The maximum absolute atomic E-state index is 10.4. The van der Waals surface area contributed by atoms with E-state index >= 15 is 0 Å². The lowest BCUT2D eigenvalue weighted by Crippen LogP contribution is -2.44. The number of methoxy groups -OCH3 is 1. The van der Waals surface area contributed by atoms with E-state index in [1.165, 1.54) is 7.11 Å². The van der Waals surface area contributed by atoms with Crippen molar-refractivity contribution in [2.24, 2.45) is 5.73 Å². The molecule has 0 aliphatic rings. The smallest absolute Gasteiger partial charge is 0.326 e. The van der Waals surface area contributed by atoms with Gasteiger partial charge in [-0.05, 0) is 0 Å². The van der Waals surface area contributed by atoms with E-state index < -0.39 is 18.0 Å². The Morgan fingerprint density at radius 3 is 2.58 bits per heavy atom. The Morgan fingerprint density at radius 2 is 2.25 bits per heavy atom. The van der Waals surface area contributed by atoms with E-state index in [9.17, 15) is 9.59 Å². The fraction of sp³-hybridized carbons (Fsp3) is 0.667. The van der Waals surface area contributed by atoms with E-state index in [2.05, 4.69) is 10.1 Å². The maximum atomic E-state index is 10.4. The first kappa shape index (κ1) is 10.7. The summed E-state index contributed by atoms with van der Waals surface area (Å²) in [6, 6.07) is -1.82. The highest BCUT2D eigenvalue weighted by atomic mass is 16.5. The summed E-state index contributed by atoms with van der Waals surface area (Å²) >= 11 is 0. The van der Waals surface area contributed by atoms with Crippen molar-refractivity contribution in [1.82, 2.24) is 5.32 Å². The van der Waals surface area contributed by atoms with Gasteiger partial charge < -0.3 is 20.9 Å². The minimum Gasteiger partial charge on any atom is -0.480 e. The number of amides is 2. The van der Waals surface area contributed by atoms with Gasteiger partial charge in [0.05, 0.1) is 0 Å². The number of urea groups is 1. The molecule has 0 spiro atoms. The summed E-state index contributed by atoms with van der Waals surface area (Å²) in [6.45, 7) is 0.261. The second-order valence-electron chi connectivity index (χ2n) is 2.18. The fourth-order valence-corrected chi connectivity index (χ4v) is 0.665. The van der Waals surface area contributed by atoms with Crippen molar-refractivity contribution < 1.29 is 19.4 Å². The predicted octanol–water partition coefficient (Wildman–Crippen LogP) is -0.856. The summed E-state index contributed by atoms with van der Waals surface area (Å²) in [5, 5.41) is 10.6. The summed E-state index contributed by atoms with van der Waals surface area (Å²) in [5.41, 5.74) is 4.75. The summed E-state index contributed by atoms with van der Waals surface area (Å²) in [5.74, 6) is -1.12. The molecule has 0 radical (unpaired) electrons. The first-order valence-corrected chi connectivity index (χ1v) is 3.35. The molecule has 1 atom stereocenters. The molecule has 0 rings (SSSR count). The SMILES string of the molecule is COCCC(NC(N)=O)C(=O)O. The third kappa shape index (κ3) is 4.51. The molecule has 0 saturated carbocycles. The Balaban J connectivity index is 3.87. The lowest BCUT2D eigenvalue weighted by molar-refractivity contribution is -0.139. The molecule has 12 heavy (non-hydrogen) atoms. The van der Waals surface area contributed by atoms with Gasteiger partial charge in [-0.25, -0.2) is 9.59 Å². The molecule has 0 aromatic carbocycles. The van der Waals surface area contributed by atoms with Crippen molar-refractivity contribution in [2.45, 2.75) is 12.5 Å². The molecule has 0 aromatic heterocycles. The molecule has 0 saturated heterocycles. The standard InChI is InChI=1S/C6H12N2O4/c1-12-3-2-4(5(9)10)8-6(7)11/h4H,2-3H2,1H3,(H,9,10)(H3,7,8,11). The first-order chi connectivity index (χ1) is 5.57. The minimum atomic E-state index is -1.12. The number of carbonyl (C=O) groups is 2. The van der Waals surface area contributed by atoms with Crippen LogP contribution in [0, 0.1) is 0 Å². The highest BCUT2D eigenvalue weighted by Gasteiger charge is 2.17. The van der Waals surface area contributed by atoms with Gasteiger partial charge in [0.2, 0.25) is 0 Å². The van der Waals surface area contributed by atoms with E-state index in [4.69, 9.17) is 10.8 Å². The van der Waals surface area contributed by atoms with Crippen LogP contribution in [0.1, 0.15) is 6.42 Å². The number of nitrogens with two attached hydrogens (primary N) is 1. The van der Waals surface area contributed by atoms with Crippen molar-refractivity contribution in [3.05, 3.63) is 0 Å². The number of nitrogens with one attached hydrogen (secondary N) is 1. The predicted molar refractivity (Wildman–Crippen MR) is 40.6 cm³/mol. The van der Waals surface area contributed by atoms with Crippen LogP contribution in [0.2, 0.25) is 0 Å². The molecule has 0 fully saturated rings. The molecule has 0 aliphatic carbocycles. The molecule has 6 heteroatoms. The molecule has 4 N–H and O–H groups in total. The highest BCUT2D eigenvalue weighted by Crippen LogP contribution is 1.91. The number of rotatable bonds is 5. The number of hydrogen-bond donors (Lipinski definition) is 3. The monoisotopic (exact) mass is 176 g/mol. The second-order valence-corrected chi connectivity index (χ2v) is 2.18. The van der Waals surface area contributed by atoms with Gasteiger partial charge in [-0.2, -0.15) is 0 Å². The second kappa shape index (κ2) is 5.36. The zero-order valence-corrected chi connectivity index (χ0v) is 6.74. The van der Waals surface area contributed by atoms with Crippen molar-refractivity contribution in [3.8, 4) is 0 Å². The van der Waals surface area contributed by atoms with Crippen LogP contribution in [0.25, 0.3) is 0 Å². The average Bonchev–Trinajstić information content (AvgIpc) is 1.96. The summed E-state index contributed by atoms with van der Waals surface area (Å²) in [7, 11) is 1.45. The van der Waals surface area contributed by atoms with Gasteiger partial charge in [0.25, 0.3) is 0 Å². The third-order valence-electron chi connectivity index (χ3n) is 1.23. The molecular formula is C6H12N2O4. The lowest BCUT2D eigenvalue weighted by Gasteiger charge is -2.11. The van der Waals surface area contributed by atoms with Gasteiger partial charge in [0, 0.05) is 20.1 Å². The molecule has 0 heterocycles. The van der Waals surface area contributed by atoms with Gasteiger partial charge in [-0.15, -0.1) is 0 Å². The van der Waals surface area contributed by atoms with Crippen molar-refractivity contribution in [1.29, 1.82) is 0 Å². The largest absolute Gasteiger partial charge is 0.480 e. The minimum absolute atomic E-state index is 0.203. The molecule has 1 unspecified atom stereocenters. The van der Waals surface area contributed by atoms with E-state index in [1.807, 2.05) is 0 Å². The maximum Gasteiger partial charge on any atom is 0.326 e. The molecule has 70 valence electrons. The Hall–Kier alpha value is -1.30. The number of primary amides is 1. The number of carboxylic acid groups (broad SMARTS) is 1. The Morgan fingerprint density at radius 1 is 1.67 bits per heavy atom. The fourth-order valence-electron chi connectivity index (χ4n) is 0.665. The highest BCUT2D eigenvalue weighted by molar-refractivity contribution is 5.81. The van der Waals surface area contributed by atoms with Crippen LogP contribution < -0.4 is 11.1 Å². The average molecular weight is 176 g/mol. The van der Waals surface area contributed by atoms with Crippen molar-refractivity contribution in [2.75, 3.05) is 13.7 Å². The van der Waals surface area contributed by atoms with Crippen molar-refractivity contribution in [3.63, 3.8) is 0 Å². The van der Waals surface area contributed by atoms with Crippen LogP contribution in [-0.2, 0) is 9.53 Å². The third-order valence-corrected chi connectivity index (χ3v) is 1.23. The van der Waals surface area contributed by atoms with Crippen LogP contribution in [-0.4, -0.2) is 36.9 Å².